The van der Waals surface area contributed by atoms with Crippen molar-refractivity contribution < 1.29 is 32.2 Å². The number of hydrogen-bond donors (Lipinski definition) is 1. The molecule has 0 bridgehead atoms. The Kier molecular flexibility index (Phi) is 5.18. The topological polar surface area (TPSA) is 59.4 Å². The minimum absolute atomic E-state index is 0.0483. The maximum absolute atomic E-state index is 13.8. The van der Waals surface area contributed by atoms with E-state index in [2.05, 4.69) is 4.98 Å². The van der Waals surface area contributed by atoms with E-state index in [1.807, 2.05) is 0 Å². The number of benzene rings is 1. The summed E-state index contributed by atoms with van der Waals surface area (Å²) < 4.78 is 56.9. The second-order valence-corrected chi connectivity index (χ2v) is 5.03. The molecule has 0 spiro atoms. The van der Waals surface area contributed by atoms with Crippen molar-refractivity contribution in [3.63, 3.8) is 0 Å². The smallest absolute Gasteiger partial charge is 0.395 e. The molecule has 0 saturated carbocycles. The number of carbonyl (C=O) groups is 1. The van der Waals surface area contributed by atoms with Gasteiger partial charge >= 0.3 is 6.18 Å². The summed E-state index contributed by atoms with van der Waals surface area (Å²) >= 11 is 0. The van der Waals surface area contributed by atoms with Crippen molar-refractivity contribution >= 4 is 5.78 Å². The van der Waals surface area contributed by atoms with Crippen LogP contribution < -0.4 is 4.74 Å². The molecule has 0 saturated heterocycles. The fourth-order valence-corrected chi connectivity index (χ4v) is 1.87. The summed E-state index contributed by atoms with van der Waals surface area (Å²) in [5.74, 6) is -3.59. The Labute approximate surface area is 134 Å². The molecular formula is C16H13F4NO3. The Morgan fingerprint density at radius 2 is 1.92 bits per heavy atom. The molecule has 0 aliphatic carbocycles. The predicted molar refractivity (Wildman–Crippen MR) is 76.6 cm³/mol. The van der Waals surface area contributed by atoms with Gasteiger partial charge in [-0.05, 0) is 30.7 Å². The Morgan fingerprint density at radius 1 is 1.29 bits per heavy atom. The zero-order valence-corrected chi connectivity index (χ0v) is 12.5. The van der Waals surface area contributed by atoms with Crippen molar-refractivity contribution in [3.05, 3.63) is 53.5 Å². The molecule has 0 radical (unpaired) electrons. The lowest BCUT2D eigenvalue weighted by molar-refractivity contribution is -0.146. The summed E-state index contributed by atoms with van der Waals surface area (Å²) in [4.78, 5) is 14.9. The third-order valence-corrected chi connectivity index (χ3v) is 3.36. The SMILES string of the molecule is CC(c1ccc(Oc2ncc(C(=O)CO)cc2F)cc1)C(F)(F)F. The first-order chi connectivity index (χ1) is 11.2. The van der Waals surface area contributed by atoms with Crippen molar-refractivity contribution in [1.82, 2.24) is 4.98 Å². The average molecular weight is 343 g/mol. The molecule has 1 heterocycles. The Morgan fingerprint density at radius 3 is 2.42 bits per heavy atom. The van der Waals surface area contributed by atoms with E-state index in [9.17, 15) is 22.4 Å². The number of ether oxygens (including phenoxy) is 1. The van der Waals surface area contributed by atoms with Gasteiger partial charge in [0.15, 0.2) is 11.6 Å². The lowest BCUT2D eigenvalue weighted by Gasteiger charge is -2.16. The molecule has 24 heavy (non-hydrogen) atoms. The molecule has 0 aliphatic heterocycles. The average Bonchev–Trinajstić information content (AvgIpc) is 2.55. The van der Waals surface area contributed by atoms with Gasteiger partial charge in [-0.3, -0.25) is 4.79 Å². The van der Waals surface area contributed by atoms with E-state index >= 15 is 0 Å². The number of alkyl halides is 3. The minimum Gasteiger partial charge on any atom is -0.436 e. The third kappa shape index (κ3) is 4.08. The molecule has 1 atom stereocenters. The predicted octanol–water partition coefficient (Wildman–Crippen LogP) is 3.85. The van der Waals surface area contributed by atoms with Gasteiger partial charge in [-0.25, -0.2) is 9.37 Å². The molecule has 0 aliphatic rings. The molecular weight excluding hydrogens is 330 g/mol. The molecule has 1 aromatic heterocycles. The van der Waals surface area contributed by atoms with Gasteiger partial charge in [0.2, 0.25) is 0 Å². The summed E-state index contributed by atoms with van der Waals surface area (Å²) in [5.41, 5.74) is -0.0659. The van der Waals surface area contributed by atoms with Crippen molar-refractivity contribution in [3.8, 4) is 11.6 Å². The molecule has 2 rings (SSSR count). The number of hydrogen-bond acceptors (Lipinski definition) is 4. The maximum atomic E-state index is 13.8. The number of carbonyl (C=O) groups excluding carboxylic acids is 1. The summed E-state index contributed by atoms with van der Waals surface area (Å²) in [6.07, 6.45) is -3.32. The lowest BCUT2D eigenvalue weighted by Crippen LogP contribution is -2.17. The number of aromatic nitrogens is 1. The monoisotopic (exact) mass is 343 g/mol. The highest BCUT2D eigenvalue weighted by atomic mass is 19.4. The van der Waals surface area contributed by atoms with E-state index in [0.717, 1.165) is 19.2 Å². The first-order valence-corrected chi connectivity index (χ1v) is 6.86. The van der Waals surface area contributed by atoms with Gasteiger partial charge in [0.1, 0.15) is 12.4 Å². The Balaban J connectivity index is 2.16. The molecule has 1 aromatic carbocycles. The standard InChI is InChI=1S/C16H13F4NO3/c1-9(16(18,19)20)10-2-4-12(5-3-10)24-15-13(17)6-11(7-21-15)14(23)8-22/h2-7,9,22H,8H2,1H3. The molecule has 8 heteroatoms. The van der Waals surface area contributed by atoms with Gasteiger partial charge in [0, 0.05) is 11.8 Å². The number of aliphatic hydroxyl groups is 1. The molecule has 0 amide bonds. The molecule has 128 valence electrons. The van der Waals surface area contributed by atoms with Gasteiger partial charge in [-0.15, -0.1) is 0 Å². The highest BCUT2D eigenvalue weighted by Gasteiger charge is 2.36. The first kappa shape index (κ1) is 17.9. The van der Waals surface area contributed by atoms with Crippen molar-refractivity contribution in [1.29, 1.82) is 0 Å². The van der Waals surface area contributed by atoms with Crippen LogP contribution in [0.5, 0.6) is 11.6 Å². The van der Waals surface area contributed by atoms with Gasteiger partial charge in [0.05, 0.1) is 5.92 Å². The first-order valence-electron chi connectivity index (χ1n) is 6.86. The molecule has 2 aromatic rings. The Bertz CT molecular complexity index is 729. The lowest BCUT2D eigenvalue weighted by atomic mass is 10.0. The summed E-state index contributed by atoms with van der Waals surface area (Å²) in [6.45, 7) is 0.258. The van der Waals surface area contributed by atoms with E-state index in [1.54, 1.807) is 0 Å². The fraction of sp³-hybridized carbons (Fsp3) is 0.250. The zero-order chi connectivity index (χ0) is 17.9. The number of nitrogens with zero attached hydrogens (tertiary/aromatic N) is 1. The van der Waals surface area contributed by atoms with Crippen LogP contribution in [0.15, 0.2) is 36.5 Å². The highest BCUT2D eigenvalue weighted by Crippen LogP contribution is 2.35. The number of rotatable bonds is 5. The molecule has 0 fully saturated rings. The van der Waals surface area contributed by atoms with Crippen LogP contribution in [0.2, 0.25) is 0 Å². The number of halogens is 4. The van der Waals surface area contributed by atoms with Crippen molar-refractivity contribution in [2.24, 2.45) is 0 Å². The van der Waals surface area contributed by atoms with Gasteiger partial charge in [0.25, 0.3) is 5.88 Å². The van der Waals surface area contributed by atoms with E-state index in [-0.39, 0.29) is 16.9 Å². The second kappa shape index (κ2) is 6.96. The van der Waals surface area contributed by atoms with Crippen LogP contribution >= 0.6 is 0 Å². The third-order valence-electron chi connectivity index (χ3n) is 3.36. The van der Waals surface area contributed by atoms with Crippen molar-refractivity contribution in [2.75, 3.05) is 6.61 Å². The van der Waals surface area contributed by atoms with Crippen LogP contribution in [0.1, 0.15) is 28.8 Å². The van der Waals surface area contributed by atoms with E-state index < -0.39 is 36.2 Å². The zero-order valence-electron chi connectivity index (χ0n) is 12.5. The quantitative estimate of drug-likeness (QED) is 0.662. The van der Waals surface area contributed by atoms with Gasteiger partial charge in [-0.1, -0.05) is 12.1 Å². The highest BCUT2D eigenvalue weighted by molar-refractivity contribution is 5.96. The number of ketones is 1. The van der Waals surface area contributed by atoms with Crippen LogP contribution in [-0.4, -0.2) is 28.7 Å². The van der Waals surface area contributed by atoms with Crippen LogP contribution in [0.3, 0.4) is 0 Å². The number of aliphatic hydroxyl groups excluding tert-OH is 1. The van der Waals surface area contributed by atoms with E-state index in [4.69, 9.17) is 9.84 Å². The minimum atomic E-state index is -4.36. The van der Waals surface area contributed by atoms with Gasteiger partial charge in [-0.2, -0.15) is 13.2 Å². The van der Waals surface area contributed by atoms with Crippen LogP contribution in [0, 0.1) is 5.82 Å². The molecule has 1 N–H and O–H groups in total. The van der Waals surface area contributed by atoms with E-state index in [0.29, 0.717) is 0 Å². The summed E-state index contributed by atoms with van der Waals surface area (Å²) in [5, 5.41) is 8.70. The second-order valence-electron chi connectivity index (χ2n) is 5.03. The van der Waals surface area contributed by atoms with Crippen LogP contribution in [0.4, 0.5) is 17.6 Å². The number of pyridine rings is 1. The van der Waals surface area contributed by atoms with E-state index in [1.165, 1.54) is 24.3 Å². The van der Waals surface area contributed by atoms with Crippen LogP contribution in [-0.2, 0) is 0 Å². The summed E-state index contributed by atoms with van der Waals surface area (Å²) in [7, 11) is 0. The number of Topliss-reactive ketones (excluding diaryl/α,β-unsaturated/α-hetero) is 1. The fourth-order valence-electron chi connectivity index (χ4n) is 1.87. The molecule has 4 nitrogen and oxygen atoms in total. The van der Waals surface area contributed by atoms with Crippen molar-refractivity contribution in [2.45, 2.75) is 19.0 Å². The van der Waals surface area contributed by atoms with Gasteiger partial charge < -0.3 is 9.84 Å². The molecule has 1 unspecified atom stereocenters. The largest absolute Gasteiger partial charge is 0.436 e. The Hall–Kier alpha value is -2.48. The van der Waals surface area contributed by atoms with Crippen LogP contribution in [0.25, 0.3) is 0 Å². The summed E-state index contributed by atoms with van der Waals surface area (Å²) in [6, 6.07) is 5.86. The normalized spacial score (nSPS) is 12.8. The maximum Gasteiger partial charge on any atom is 0.395 e.